The van der Waals surface area contributed by atoms with Crippen LogP contribution >= 0.6 is 0 Å². The Bertz CT molecular complexity index is 1220. The molecular formula is C19H19N5O3S. The predicted molar refractivity (Wildman–Crippen MR) is 110 cm³/mol. The zero-order valence-electron chi connectivity index (χ0n) is 15.0. The normalized spacial score (nSPS) is 13.0. The first kappa shape index (κ1) is 19.2. The lowest BCUT2D eigenvalue weighted by atomic mass is 10.1. The Hall–Kier alpha value is -3.59. The third-order valence-corrected chi connectivity index (χ3v) is 5.17. The van der Waals surface area contributed by atoms with Gasteiger partial charge in [-0.3, -0.25) is 0 Å². The number of aliphatic imine (C=N–C) groups is 1. The molecule has 3 rings (SSSR count). The van der Waals surface area contributed by atoms with E-state index in [-0.39, 0.29) is 28.0 Å². The molecule has 1 heterocycles. The Kier molecular flexibility index (Phi) is 4.93. The van der Waals surface area contributed by atoms with E-state index < -0.39 is 9.84 Å². The van der Waals surface area contributed by atoms with Crippen LogP contribution < -0.4 is 11.5 Å². The zero-order valence-corrected chi connectivity index (χ0v) is 15.9. The maximum atomic E-state index is 11.5. The average molecular weight is 397 g/mol. The highest BCUT2D eigenvalue weighted by Gasteiger charge is 2.11. The fraction of sp³-hybridized carbons (Fsp3) is 0.0526. The molecule has 0 bridgehead atoms. The number of sulfone groups is 1. The summed E-state index contributed by atoms with van der Waals surface area (Å²) in [6.45, 7) is 3.89. The maximum absolute atomic E-state index is 11.5. The second kappa shape index (κ2) is 7.20. The third-order valence-electron chi connectivity index (χ3n) is 4.04. The SMILES string of the molecule is C=C(/C=N\C(N)=C(/N)c1nc2cccc(O)c2[nH]1)c1ccc(S(C)(=O)=O)cc1. The van der Waals surface area contributed by atoms with Crippen molar-refractivity contribution in [2.45, 2.75) is 4.90 Å². The van der Waals surface area contributed by atoms with Crippen LogP contribution in [0.2, 0.25) is 0 Å². The number of aromatic hydroxyl groups is 1. The molecule has 0 aliphatic rings. The van der Waals surface area contributed by atoms with Crippen LogP contribution in [0, 0.1) is 0 Å². The van der Waals surface area contributed by atoms with Gasteiger partial charge in [-0.25, -0.2) is 18.4 Å². The number of nitrogens with one attached hydrogen (secondary N) is 1. The second-order valence-corrected chi connectivity index (χ2v) is 8.15. The highest BCUT2D eigenvalue weighted by molar-refractivity contribution is 7.90. The molecule has 9 heteroatoms. The Morgan fingerprint density at radius 2 is 1.89 bits per heavy atom. The molecule has 144 valence electrons. The molecule has 0 spiro atoms. The summed E-state index contributed by atoms with van der Waals surface area (Å²) in [5, 5.41) is 9.84. The van der Waals surface area contributed by atoms with Crippen molar-refractivity contribution in [1.82, 2.24) is 9.97 Å². The number of aromatic nitrogens is 2. The largest absolute Gasteiger partial charge is 0.506 e. The number of nitrogens with zero attached hydrogens (tertiary/aromatic N) is 2. The second-order valence-electron chi connectivity index (χ2n) is 6.14. The number of aromatic amines is 1. The summed E-state index contributed by atoms with van der Waals surface area (Å²) in [5.41, 5.74) is 14.3. The number of H-pyrrole nitrogens is 1. The Morgan fingerprint density at radius 3 is 2.50 bits per heavy atom. The quantitative estimate of drug-likeness (QED) is 0.484. The minimum atomic E-state index is -3.26. The van der Waals surface area contributed by atoms with Crippen LogP contribution in [0.5, 0.6) is 5.75 Å². The summed E-state index contributed by atoms with van der Waals surface area (Å²) in [6.07, 6.45) is 2.57. The fourth-order valence-corrected chi connectivity index (χ4v) is 3.10. The van der Waals surface area contributed by atoms with E-state index in [9.17, 15) is 13.5 Å². The Balaban J connectivity index is 1.83. The van der Waals surface area contributed by atoms with E-state index in [1.807, 2.05) is 0 Å². The first-order valence-electron chi connectivity index (χ1n) is 8.13. The minimum absolute atomic E-state index is 0.0208. The van der Waals surface area contributed by atoms with Crippen molar-refractivity contribution >= 4 is 38.4 Å². The number of para-hydroxylation sites is 1. The van der Waals surface area contributed by atoms with Crippen LogP contribution in [0.4, 0.5) is 0 Å². The van der Waals surface area contributed by atoms with Crippen LogP contribution in [0.25, 0.3) is 22.3 Å². The molecule has 0 unspecified atom stereocenters. The van der Waals surface area contributed by atoms with Crippen LogP contribution in [-0.2, 0) is 9.84 Å². The number of nitrogens with two attached hydrogens (primary N) is 2. The van der Waals surface area contributed by atoms with Crippen LogP contribution in [-0.4, -0.2) is 36.0 Å². The van der Waals surface area contributed by atoms with Gasteiger partial charge in [0.2, 0.25) is 0 Å². The molecule has 1 aromatic heterocycles. The number of hydrogen-bond donors (Lipinski definition) is 4. The van der Waals surface area contributed by atoms with E-state index in [2.05, 4.69) is 21.5 Å². The molecule has 0 fully saturated rings. The van der Waals surface area contributed by atoms with E-state index >= 15 is 0 Å². The van der Waals surface area contributed by atoms with E-state index in [0.29, 0.717) is 22.2 Å². The molecule has 28 heavy (non-hydrogen) atoms. The van der Waals surface area contributed by atoms with Gasteiger partial charge >= 0.3 is 0 Å². The highest BCUT2D eigenvalue weighted by Crippen LogP contribution is 2.23. The molecule has 0 aliphatic heterocycles. The molecule has 3 aromatic rings. The first-order chi connectivity index (χ1) is 13.2. The predicted octanol–water partition coefficient (Wildman–Crippen LogP) is 2.00. The van der Waals surface area contributed by atoms with Gasteiger partial charge in [-0.2, -0.15) is 0 Å². The van der Waals surface area contributed by atoms with Gasteiger partial charge in [-0.05, 0) is 35.4 Å². The maximum Gasteiger partial charge on any atom is 0.175 e. The van der Waals surface area contributed by atoms with E-state index in [1.54, 1.807) is 24.3 Å². The number of hydrogen-bond acceptors (Lipinski definition) is 7. The summed E-state index contributed by atoms with van der Waals surface area (Å²) in [4.78, 5) is 11.5. The van der Waals surface area contributed by atoms with Crippen molar-refractivity contribution in [3.8, 4) is 5.75 Å². The molecule has 0 amide bonds. The average Bonchev–Trinajstić information content (AvgIpc) is 3.10. The van der Waals surface area contributed by atoms with Crippen molar-refractivity contribution in [3.63, 3.8) is 0 Å². The molecule has 8 nitrogen and oxygen atoms in total. The van der Waals surface area contributed by atoms with E-state index in [0.717, 1.165) is 6.26 Å². The summed E-state index contributed by atoms with van der Waals surface area (Å²) < 4.78 is 23.0. The lowest BCUT2D eigenvalue weighted by molar-refractivity contribution is 0.480. The summed E-state index contributed by atoms with van der Waals surface area (Å²) in [7, 11) is -3.26. The molecule has 0 atom stereocenters. The van der Waals surface area contributed by atoms with Gasteiger partial charge < -0.3 is 21.6 Å². The van der Waals surface area contributed by atoms with E-state index in [1.165, 1.54) is 24.4 Å². The van der Waals surface area contributed by atoms with Gasteiger partial charge in [0.1, 0.15) is 22.8 Å². The van der Waals surface area contributed by atoms with Crippen molar-refractivity contribution < 1.29 is 13.5 Å². The van der Waals surface area contributed by atoms with E-state index in [4.69, 9.17) is 11.5 Å². The van der Waals surface area contributed by atoms with Gasteiger partial charge in [0.15, 0.2) is 15.7 Å². The number of phenols is 1. The fourth-order valence-electron chi connectivity index (χ4n) is 2.47. The van der Waals surface area contributed by atoms with Crippen molar-refractivity contribution in [2.75, 3.05) is 6.26 Å². The highest BCUT2D eigenvalue weighted by atomic mass is 32.2. The first-order valence-corrected chi connectivity index (χ1v) is 10.0. The van der Waals surface area contributed by atoms with Crippen LogP contribution in [0.3, 0.4) is 0 Å². The van der Waals surface area contributed by atoms with Gasteiger partial charge in [0.25, 0.3) is 0 Å². The number of phenolic OH excluding ortho intramolecular Hbond substituents is 1. The lowest BCUT2D eigenvalue weighted by Gasteiger charge is -2.03. The topological polar surface area (TPSA) is 147 Å². The van der Waals surface area contributed by atoms with Crippen molar-refractivity contribution in [1.29, 1.82) is 0 Å². The molecule has 0 saturated carbocycles. The molecule has 6 N–H and O–H groups in total. The number of fused-ring (bicyclic) bond motifs is 1. The number of benzene rings is 2. The zero-order chi connectivity index (χ0) is 20.5. The van der Waals surface area contributed by atoms with Gasteiger partial charge in [-0.15, -0.1) is 0 Å². The summed E-state index contributed by atoms with van der Waals surface area (Å²) >= 11 is 0. The number of allylic oxidation sites excluding steroid dienone is 1. The minimum Gasteiger partial charge on any atom is -0.506 e. The molecule has 0 radical (unpaired) electrons. The Labute approximate surface area is 161 Å². The lowest BCUT2D eigenvalue weighted by Crippen LogP contribution is -2.08. The standard InChI is InChI=1S/C19H19N5O3S/c1-11(12-6-8-13(9-7-12)28(2,26)27)10-22-18(21)16(20)19-23-14-4-3-5-15(25)17(14)24-19/h3-10,25H,1,20-21H2,2H3,(H,23,24)/b18-16-,22-10-. The Morgan fingerprint density at radius 1 is 1.21 bits per heavy atom. The number of rotatable bonds is 5. The molecule has 0 aliphatic carbocycles. The third kappa shape index (κ3) is 3.89. The summed E-state index contributed by atoms with van der Waals surface area (Å²) in [6, 6.07) is 11.2. The van der Waals surface area contributed by atoms with Crippen molar-refractivity contribution in [3.05, 3.63) is 66.3 Å². The molecule has 0 saturated heterocycles. The van der Waals surface area contributed by atoms with Gasteiger partial charge in [0.05, 0.1) is 10.4 Å². The number of imidazole rings is 1. The van der Waals surface area contributed by atoms with Crippen LogP contribution in [0.1, 0.15) is 11.4 Å². The molecule has 2 aromatic carbocycles. The van der Waals surface area contributed by atoms with Crippen LogP contribution in [0.15, 0.2) is 64.8 Å². The monoisotopic (exact) mass is 397 g/mol. The van der Waals surface area contributed by atoms with Gasteiger partial charge in [-0.1, -0.05) is 24.8 Å². The smallest absolute Gasteiger partial charge is 0.175 e. The van der Waals surface area contributed by atoms with Crippen molar-refractivity contribution in [2.24, 2.45) is 16.5 Å². The summed E-state index contributed by atoms with van der Waals surface area (Å²) in [5.74, 6) is 0.360. The van der Waals surface area contributed by atoms with Gasteiger partial charge in [0, 0.05) is 12.5 Å². The molecular weight excluding hydrogens is 378 g/mol.